The maximum atomic E-state index is 12.2. The summed E-state index contributed by atoms with van der Waals surface area (Å²) in [7, 11) is 1.65. The van der Waals surface area contributed by atoms with E-state index in [1.807, 2.05) is 11.0 Å². The molecule has 4 nitrogen and oxygen atoms in total. The van der Waals surface area contributed by atoms with E-state index in [9.17, 15) is 9.59 Å². The molecular formula is C14H18N2O2S. The Balaban J connectivity index is 1.99. The summed E-state index contributed by atoms with van der Waals surface area (Å²) >= 11 is 4.27. The van der Waals surface area contributed by atoms with E-state index in [4.69, 9.17) is 0 Å². The minimum atomic E-state index is -0.168. The number of hydrogen-bond donors (Lipinski definition) is 1. The van der Waals surface area contributed by atoms with E-state index in [0.29, 0.717) is 10.5 Å². The molecule has 0 aliphatic carbocycles. The van der Waals surface area contributed by atoms with Crippen LogP contribution in [0.1, 0.15) is 23.2 Å². The van der Waals surface area contributed by atoms with E-state index in [-0.39, 0.29) is 18.4 Å². The van der Waals surface area contributed by atoms with Crippen molar-refractivity contribution in [2.24, 2.45) is 0 Å². The van der Waals surface area contributed by atoms with Gasteiger partial charge in [-0.25, -0.2) is 0 Å². The number of hydrogen-bond acceptors (Lipinski definition) is 3. The summed E-state index contributed by atoms with van der Waals surface area (Å²) in [5.74, 6) is -0.150. The number of likely N-dealkylation sites (tertiary alicyclic amines) is 1. The number of carbonyl (C=O) groups excluding carboxylic acids is 2. The summed E-state index contributed by atoms with van der Waals surface area (Å²) in [4.78, 5) is 28.1. The number of thiol groups is 1. The fraction of sp³-hybridized carbons (Fsp3) is 0.429. The topological polar surface area (TPSA) is 40.6 Å². The molecule has 1 aliphatic heterocycles. The molecule has 1 aliphatic rings. The van der Waals surface area contributed by atoms with E-state index in [1.165, 1.54) is 4.90 Å². The fourth-order valence-corrected chi connectivity index (χ4v) is 2.46. The molecule has 0 aromatic heterocycles. The molecule has 102 valence electrons. The van der Waals surface area contributed by atoms with E-state index in [0.717, 1.165) is 25.9 Å². The van der Waals surface area contributed by atoms with Gasteiger partial charge in [-0.15, -0.1) is 12.6 Å². The predicted octanol–water partition coefficient (Wildman–Crippen LogP) is 1.67. The molecule has 2 amide bonds. The summed E-state index contributed by atoms with van der Waals surface area (Å²) in [6, 6.07) is 7.12. The van der Waals surface area contributed by atoms with Gasteiger partial charge in [-0.3, -0.25) is 9.59 Å². The van der Waals surface area contributed by atoms with Crippen LogP contribution in [-0.4, -0.2) is 48.3 Å². The van der Waals surface area contributed by atoms with Gasteiger partial charge in [0.05, 0.1) is 12.1 Å². The van der Waals surface area contributed by atoms with Gasteiger partial charge in [-0.2, -0.15) is 0 Å². The molecule has 1 aromatic carbocycles. The van der Waals surface area contributed by atoms with Gasteiger partial charge in [0.1, 0.15) is 0 Å². The van der Waals surface area contributed by atoms with Gasteiger partial charge in [-0.05, 0) is 25.0 Å². The molecular weight excluding hydrogens is 260 g/mol. The van der Waals surface area contributed by atoms with Crippen LogP contribution in [0, 0.1) is 0 Å². The minimum absolute atomic E-state index is 0.0185. The Labute approximate surface area is 118 Å². The third kappa shape index (κ3) is 3.29. The van der Waals surface area contributed by atoms with Crippen LogP contribution in [0.4, 0.5) is 0 Å². The highest BCUT2D eigenvalue weighted by Gasteiger charge is 2.22. The molecule has 1 aromatic rings. The number of nitrogens with zero attached hydrogens (tertiary/aromatic N) is 2. The number of amides is 2. The number of rotatable bonds is 3. The lowest BCUT2D eigenvalue weighted by molar-refractivity contribution is -0.130. The first kappa shape index (κ1) is 13.9. The van der Waals surface area contributed by atoms with E-state index >= 15 is 0 Å². The Morgan fingerprint density at radius 2 is 1.89 bits per heavy atom. The number of benzene rings is 1. The van der Waals surface area contributed by atoms with E-state index in [1.54, 1.807) is 25.2 Å². The van der Waals surface area contributed by atoms with Crippen molar-refractivity contribution in [3.63, 3.8) is 0 Å². The SMILES string of the molecule is CN(CC(=O)N1CCCC1)C(=O)c1ccccc1S. The molecule has 0 N–H and O–H groups in total. The highest BCUT2D eigenvalue weighted by molar-refractivity contribution is 7.80. The van der Waals surface area contributed by atoms with Gasteiger partial charge >= 0.3 is 0 Å². The van der Waals surface area contributed by atoms with Gasteiger partial charge in [0.25, 0.3) is 5.91 Å². The maximum absolute atomic E-state index is 12.2. The molecule has 2 rings (SSSR count). The zero-order chi connectivity index (χ0) is 13.8. The van der Waals surface area contributed by atoms with Crippen LogP contribution >= 0.6 is 12.6 Å². The Morgan fingerprint density at radius 1 is 1.26 bits per heavy atom. The van der Waals surface area contributed by atoms with Gasteiger partial charge in [0, 0.05) is 25.0 Å². The summed E-state index contributed by atoms with van der Waals surface area (Å²) in [6.45, 7) is 1.75. The summed E-state index contributed by atoms with van der Waals surface area (Å²) < 4.78 is 0. The Hall–Kier alpha value is -1.49. The molecule has 1 heterocycles. The van der Waals surface area contributed by atoms with Crippen molar-refractivity contribution in [2.75, 3.05) is 26.7 Å². The smallest absolute Gasteiger partial charge is 0.255 e. The van der Waals surface area contributed by atoms with Crippen molar-refractivity contribution < 1.29 is 9.59 Å². The number of likely N-dealkylation sites (N-methyl/N-ethyl adjacent to an activating group) is 1. The van der Waals surface area contributed by atoms with Gasteiger partial charge in [0.15, 0.2) is 0 Å². The van der Waals surface area contributed by atoms with E-state index < -0.39 is 0 Å². The van der Waals surface area contributed by atoms with Crippen LogP contribution < -0.4 is 0 Å². The third-order valence-corrected chi connectivity index (χ3v) is 3.70. The average molecular weight is 278 g/mol. The molecule has 0 unspecified atom stereocenters. The lowest BCUT2D eigenvalue weighted by atomic mass is 10.2. The molecule has 0 saturated carbocycles. The maximum Gasteiger partial charge on any atom is 0.255 e. The fourth-order valence-electron chi connectivity index (χ4n) is 2.20. The second-order valence-electron chi connectivity index (χ2n) is 4.77. The third-order valence-electron chi connectivity index (χ3n) is 3.31. The molecule has 0 atom stereocenters. The average Bonchev–Trinajstić information content (AvgIpc) is 2.92. The quantitative estimate of drug-likeness (QED) is 0.855. The van der Waals surface area contributed by atoms with Crippen LogP contribution in [0.15, 0.2) is 29.2 Å². The summed E-state index contributed by atoms with van der Waals surface area (Å²) in [5, 5.41) is 0. The highest BCUT2D eigenvalue weighted by Crippen LogP contribution is 2.15. The van der Waals surface area contributed by atoms with Crippen LogP contribution in [0.25, 0.3) is 0 Å². The first-order chi connectivity index (χ1) is 9.09. The van der Waals surface area contributed by atoms with Gasteiger partial charge in [-0.1, -0.05) is 12.1 Å². The van der Waals surface area contributed by atoms with Crippen molar-refractivity contribution in [3.05, 3.63) is 29.8 Å². The minimum Gasteiger partial charge on any atom is -0.341 e. The standard InChI is InChI=1S/C14H18N2O2S/c1-15(10-13(17)16-8-4-5-9-16)14(18)11-6-2-3-7-12(11)19/h2-3,6-7,19H,4-5,8-10H2,1H3. The Kier molecular flexibility index (Phi) is 4.47. The van der Waals surface area contributed by atoms with Crippen molar-refractivity contribution in [1.29, 1.82) is 0 Å². The molecule has 1 saturated heterocycles. The monoisotopic (exact) mass is 278 g/mol. The van der Waals surface area contributed by atoms with Crippen LogP contribution in [0.5, 0.6) is 0 Å². The highest BCUT2D eigenvalue weighted by atomic mass is 32.1. The van der Waals surface area contributed by atoms with Crippen molar-refractivity contribution in [1.82, 2.24) is 9.80 Å². The molecule has 0 bridgehead atoms. The van der Waals surface area contributed by atoms with Crippen LogP contribution in [0.2, 0.25) is 0 Å². The molecule has 1 fully saturated rings. The summed E-state index contributed by atoms with van der Waals surface area (Å²) in [6.07, 6.45) is 2.12. The Bertz CT molecular complexity index is 484. The zero-order valence-corrected chi connectivity index (χ0v) is 11.9. The van der Waals surface area contributed by atoms with Crippen molar-refractivity contribution in [2.45, 2.75) is 17.7 Å². The molecule has 19 heavy (non-hydrogen) atoms. The second-order valence-corrected chi connectivity index (χ2v) is 5.25. The molecule has 0 spiro atoms. The largest absolute Gasteiger partial charge is 0.341 e. The van der Waals surface area contributed by atoms with E-state index in [2.05, 4.69) is 12.6 Å². The first-order valence-electron chi connectivity index (χ1n) is 6.41. The lowest BCUT2D eigenvalue weighted by Gasteiger charge is -2.21. The second kappa shape index (κ2) is 6.10. The van der Waals surface area contributed by atoms with Gasteiger partial charge in [0.2, 0.25) is 5.91 Å². The predicted molar refractivity (Wildman–Crippen MR) is 76.5 cm³/mol. The van der Waals surface area contributed by atoms with Crippen molar-refractivity contribution in [3.8, 4) is 0 Å². The summed E-state index contributed by atoms with van der Waals surface area (Å²) in [5.41, 5.74) is 0.530. The van der Waals surface area contributed by atoms with Crippen molar-refractivity contribution >= 4 is 24.4 Å². The van der Waals surface area contributed by atoms with Crippen LogP contribution in [-0.2, 0) is 4.79 Å². The first-order valence-corrected chi connectivity index (χ1v) is 6.85. The Morgan fingerprint density at radius 3 is 2.53 bits per heavy atom. The zero-order valence-electron chi connectivity index (χ0n) is 11.0. The van der Waals surface area contributed by atoms with Gasteiger partial charge < -0.3 is 9.80 Å². The lowest BCUT2D eigenvalue weighted by Crippen LogP contribution is -2.39. The normalized spacial score (nSPS) is 14.5. The number of carbonyl (C=O) groups is 2. The van der Waals surface area contributed by atoms with Crippen LogP contribution in [0.3, 0.4) is 0 Å². The molecule has 0 radical (unpaired) electrons. The molecule has 5 heteroatoms.